The molecule has 7 nitrogen and oxygen atoms in total. The van der Waals surface area contributed by atoms with Crippen LogP contribution in [0.4, 0.5) is 10.1 Å². The number of carboxylic acids is 1. The van der Waals surface area contributed by atoms with Crippen molar-refractivity contribution in [2.75, 3.05) is 6.54 Å². The minimum Gasteiger partial charge on any atom is -0.481 e. The molecule has 0 aromatic heterocycles. The Morgan fingerprint density at radius 3 is 2.60 bits per heavy atom. The Hall–Kier alpha value is -2.51. The van der Waals surface area contributed by atoms with Crippen LogP contribution in [0.15, 0.2) is 18.2 Å². The molecule has 20 heavy (non-hydrogen) atoms. The molecule has 2 N–H and O–H groups in total. The number of hydrogen-bond acceptors (Lipinski definition) is 4. The van der Waals surface area contributed by atoms with Gasteiger partial charge in [-0.05, 0) is 25.0 Å². The average Bonchev–Trinajstić information content (AvgIpc) is 3.17. The molecule has 1 aliphatic rings. The molecule has 0 unspecified atom stereocenters. The van der Waals surface area contributed by atoms with Crippen LogP contribution in [0.3, 0.4) is 0 Å². The summed E-state index contributed by atoms with van der Waals surface area (Å²) < 4.78 is 13.1. The summed E-state index contributed by atoms with van der Waals surface area (Å²) in [4.78, 5) is 32.4. The molecular weight excluding hydrogens is 271 g/mol. The summed E-state index contributed by atoms with van der Waals surface area (Å²) in [6.07, 6.45) is 0.957. The van der Waals surface area contributed by atoms with E-state index in [4.69, 9.17) is 5.11 Å². The normalized spacial score (nSPS) is 15.4. The average molecular weight is 282 g/mol. The Morgan fingerprint density at radius 1 is 1.45 bits per heavy atom. The van der Waals surface area contributed by atoms with Crippen molar-refractivity contribution < 1.29 is 24.0 Å². The number of nitrogens with zero attached hydrogens (tertiary/aromatic N) is 1. The number of carbonyl (C=O) groups excluding carboxylic acids is 1. The van der Waals surface area contributed by atoms with Crippen molar-refractivity contribution in [2.24, 2.45) is 5.41 Å². The third-order valence-corrected chi connectivity index (χ3v) is 3.30. The van der Waals surface area contributed by atoms with Crippen molar-refractivity contribution in [2.45, 2.75) is 12.8 Å². The summed E-state index contributed by atoms with van der Waals surface area (Å²) in [5.74, 6) is -2.68. The first-order chi connectivity index (χ1) is 9.35. The molecule has 0 saturated heterocycles. The molecule has 0 atom stereocenters. The van der Waals surface area contributed by atoms with E-state index >= 15 is 0 Å². The fraction of sp³-hybridized carbons (Fsp3) is 0.333. The number of carboxylic acid groups (broad SMARTS) is 1. The van der Waals surface area contributed by atoms with Crippen LogP contribution in [-0.4, -0.2) is 28.5 Å². The van der Waals surface area contributed by atoms with Gasteiger partial charge in [0.2, 0.25) is 5.82 Å². The Kier molecular flexibility index (Phi) is 3.39. The lowest BCUT2D eigenvalue weighted by molar-refractivity contribution is -0.387. The molecule has 1 saturated carbocycles. The van der Waals surface area contributed by atoms with E-state index in [-0.39, 0.29) is 12.1 Å². The van der Waals surface area contributed by atoms with Crippen LogP contribution < -0.4 is 5.32 Å². The maximum atomic E-state index is 13.1. The van der Waals surface area contributed by atoms with Crippen LogP contribution in [0.25, 0.3) is 0 Å². The van der Waals surface area contributed by atoms with Crippen LogP contribution in [-0.2, 0) is 4.79 Å². The molecule has 0 bridgehead atoms. The predicted octanol–water partition coefficient (Wildman–Crippen LogP) is 1.33. The highest BCUT2D eigenvalue weighted by molar-refractivity contribution is 5.95. The van der Waals surface area contributed by atoms with Crippen molar-refractivity contribution in [1.29, 1.82) is 0 Å². The summed E-state index contributed by atoms with van der Waals surface area (Å²) >= 11 is 0. The molecule has 1 fully saturated rings. The van der Waals surface area contributed by atoms with Gasteiger partial charge >= 0.3 is 11.7 Å². The second-order valence-corrected chi connectivity index (χ2v) is 4.69. The Labute approximate surface area is 112 Å². The standard InChI is InChI=1S/C12H11FN2O5/c13-8-2-1-7(5-9(8)15(19)20)10(16)14-6-12(3-4-12)11(17)18/h1-2,5H,3-4,6H2,(H,14,16)(H,17,18). The van der Waals surface area contributed by atoms with Gasteiger partial charge in [0.1, 0.15) is 0 Å². The lowest BCUT2D eigenvalue weighted by atomic mass is 10.1. The monoisotopic (exact) mass is 282 g/mol. The maximum absolute atomic E-state index is 13.1. The number of aliphatic carboxylic acids is 1. The zero-order chi connectivity index (χ0) is 14.9. The van der Waals surface area contributed by atoms with Gasteiger partial charge in [-0.25, -0.2) is 0 Å². The number of hydrogen-bond donors (Lipinski definition) is 2. The fourth-order valence-corrected chi connectivity index (χ4v) is 1.76. The molecule has 8 heteroatoms. The highest BCUT2D eigenvalue weighted by atomic mass is 19.1. The maximum Gasteiger partial charge on any atom is 0.311 e. The Bertz CT molecular complexity index is 598. The number of nitrogens with one attached hydrogen (secondary N) is 1. The molecular formula is C12H11FN2O5. The molecule has 0 spiro atoms. The molecule has 0 radical (unpaired) electrons. The number of carbonyl (C=O) groups is 2. The van der Waals surface area contributed by atoms with Crippen LogP contribution in [0.5, 0.6) is 0 Å². The third-order valence-electron chi connectivity index (χ3n) is 3.30. The van der Waals surface area contributed by atoms with E-state index in [9.17, 15) is 24.1 Å². The number of halogens is 1. The molecule has 1 aromatic carbocycles. The SMILES string of the molecule is O=C(NCC1(C(=O)O)CC1)c1ccc(F)c([N+](=O)[O-])c1. The molecule has 106 valence electrons. The zero-order valence-corrected chi connectivity index (χ0v) is 10.3. The summed E-state index contributed by atoms with van der Waals surface area (Å²) in [6.45, 7) is -0.0493. The first-order valence-corrected chi connectivity index (χ1v) is 5.81. The lowest BCUT2D eigenvalue weighted by Crippen LogP contribution is -2.34. The van der Waals surface area contributed by atoms with Gasteiger partial charge < -0.3 is 10.4 Å². The van der Waals surface area contributed by atoms with Crippen LogP contribution in [0.1, 0.15) is 23.2 Å². The fourth-order valence-electron chi connectivity index (χ4n) is 1.76. The van der Waals surface area contributed by atoms with E-state index in [1.165, 1.54) is 0 Å². The second-order valence-electron chi connectivity index (χ2n) is 4.69. The quantitative estimate of drug-likeness (QED) is 0.625. The number of nitro groups is 1. The van der Waals surface area contributed by atoms with Crippen molar-refractivity contribution in [3.63, 3.8) is 0 Å². The molecule has 1 aromatic rings. The smallest absolute Gasteiger partial charge is 0.311 e. The summed E-state index contributed by atoms with van der Waals surface area (Å²) in [7, 11) is 0. The summed E-state index contributed by atoms with van der Waals surface area (Å²) in [6, 6.07) is 2.76. The Balaban J connectivity index is 2.08. The van der Waals surface area contributed by atoms with E-state index in [1.54, 1.807) is 0 Å². The Morgan fingerprint density at radius 2 is 2.10 bits per heavy atom. The molecule has 1 amide bonds. The van der Waals surface area contributed by atoms with Crippen LogP contribution >= 0.6 is 0 Å². The number of benzene rings is 1. The predicted molar refractivity (Wildman–Crippen MR) is 64.7 cm³/mol. The largest absolute Gasteiger partial charge is 0.481 e. The van der Waals surface area contributed by atoms with Gasteiger partial charge in [-0.2, -0.15) is 4.39 Å². The number of rotatable bonds is 5. The van der Waals surface area contributed by atoms with Crippen LogP contribution in [0, 0.1) is 21.3 Å². The summed E-state index contributed by atoms with van der Waals surface area (Å²) in [5, 5.41) is 21.9. The highest BCUT2D eigenvalue weighted by Gasteiger charge is 2.50. The van der Waals surface area contributed by atoms with Crippen LogP contribution in [0.2, 0.25) is 0 Å². The van der Waals surface area contributed by atoms with E-state index in [0.717, 1.165) is 18.2 Å². The number of nitro benzene ring substituents is 1. The van der Waals surface area contributed by atoms with Gasteiger partial charge in [0.05, 0.1) is 10.3 Å². The van der Waals surface area contributed by atoms with E-state index in [0.29, 0.717) is 12.8 Å². The minimum absolute atomic E-state index is 0.0493. The second kappa shape index (κ2) is 4.87. The van der Waals surface area contributed by atoms with Gasteiger partial charge in [-0.1, -0.05) is 0 Å². The highest BCUT2D eigenvalue weighted by Crippen LogP contribution is 2.45. The molecule has 1 aliphatic carbocycles. The molecule has 0 heterocycles. The van der Waals surface area contributed by atoms with Gasteiger partial charge in [-0.15, -0.1) is 0 Å². The first-order valence-electron chi connectivity index (χ1n) is 5.81. The van der Waals surface area contributed by atoms with E-state index in [1.807, 2.05) is 0 Å². The van der Waals surface area contributed by atoms with Crippen molar-refractivity contribution in [3.05, 3.63) is 39.7 Å². The third kappa shape index (κ3) is 2.58. The van der Waals surface area contributed by atoms with E-state index < -0.39 is 33.7 Å². The molecule has 0 aliphatic heterocycles. The van der Waals surface area contributed by atoms with Gasteiger partial charge in [0, 0.05) is 18.2 Å². The summed E-state index contributed by atoms with van der Waals surface area (Å²) in [5.41, 5.74) is -1.81. The zero-order valence-electron chi connectivity index (χ0n) is 10.3. The first kappa shape index (κ1) is 13.9. The van der Waals surface area contributed by atoms with Crippen molar-refractivity contribution in [1.82, 2.24) is 5.32 Å². The minimum atomic E-state index is -1.03. The van der Waals surface area contributed by atoms with Crippen molar-refractivity contribution in [3.8, 4) is 0 Å². The van der Waals surface area contributed by atoms with E-state index in [2.05, 4.69) is 5.32 Å². The van der Waals surface area contributed by atoms with Gasteiger partial charge in [-0.3, -0.25) is 19.7 Å². The topological polar surface area (TPSA) is 110 Å². The molecule has 2 rings (SSSR count). The van der Waals surface area contributed by atoms with Gasteiger partial charge in [0.15, 0.2) is 0 Å². The van der Waals surface area contributed by atoms with Gasteiger partial charge in [0.25, 0.3) is 5.91 Å². The van der Waals surface area contributed by atoms with Crippen molar-refractivity contribution >= 4 is 17.6 Å². The number of amides is 1. The lowest BCUT2D eigenvalue weighted by Gasteiger charge is -2.11.